The molecule has 1 atom stereocenters. The van der Waals surface area contributed by atoms with Crippen molar-refractivity contribution < 1.29 is 36.2 Å². The second-order valence-corrected chi connectivity index (χ2v) is 9.43. The first kappa shape index (κ1) is 23.1. The van der Waals surface area contributed by atoms with Gasteiger partial charge in [0.1, 0.15) is 5.75 Å². The van der Waals surface area contributed by atoms with E-state index in [0.29, 0.717) is 17.7 Å². The summed E-state index contributed by atoms with van der Waals surface area (Å²) in [7, 11) is -4.43. The summed E-state index contributed by atoms with van der Waals surface area (Å²) < 4.78 is 73.9. The van der Waals surface area contributed by atoms with Crippen LogP contribution in [0.1, 0.15) is 42.0 Å². The predicted octanol–water partition coefficient (Wildman–Crippen LogP) is 3.74. The van der Waals surface area contributed by atoms with Crippen LogP contribution in [-0.2, 0) is 33.8 Å². The zero-order valence-electron chi connectivity index (χ0n) is 16.9. The van der Waals surface area contributed by atoms with E-state index < -0.39 is 45.3 Å². The molecule has 0 bridgehead atoms. The fourth-order valence-corrected chi connectivity index (χ4v) is 5.00. The largest absolute Gasteiger partial charge is 0.482 e. The lowest BCUT2D eigenvalue weighted by Crippen LogP contribution is -2.36. The van der Waals surface area contributed by atoms with Gasteiger partial charge in [0.05, 0.1) is 10.5 Å². The van der Waals surface area contributed by atoms with Crippen LogP contribution in [0.4, 0.5) is 13.2 Å². The fraction of sp³-hybridized carbons (Fsp3) is 0.381. The van der Waals surface area contributed by atoms with E-state index in [9.17, 15) is 26.4 Å². The number of rotatable bonds is 7. The number of hydrogen-bond donors (Lipinski definition) is 2. The number of carbonyl (C=O) groups is 1. The molecule has 1 aliphatic rings. The third kappa shape index (κ3) is 5.37. The lowest BCUT2D eigenvalue weighted by atomic mass is 10.0. The van der Waals surface area contributed by atoms with Gasteiger partial charge in [0, 0.05) is 6.04 Å². The summed E-state index contributed by atoms with van der Waals surface area (Å²) in [6.07, 6.45) is -4.26. The molecule has 1 unspecified atom stereocenters. The fourth-order valence-electron chi connectivity index (χ4n) is 3.56. The molecule has 2 aromatic carbocycles. The zero-order chi connectivity index (χ0) is 23.0. The predicted molar refractivity (Wildman–Crippen MR) is 107 cm³/mol. The molecular formula is C21H22F3NO5S. The first-order chi connectivity index (χ1) is 14.4. The number of sulfonamides is 1. The Morgan fingerprint density at radius 1 is 1.16 bits per heavy atom. The van der Waals surface area contributed by atoms with E-state index in [1.807, 2.05) is 0 Å². The van der Waals surface area contributed by atoms with Crippen molar-refractivity contribution in [3.63, 3.8) is 0 Å². The minimum atomic E-state index is -4.82. The van der Waals surface area contributed by atoms with E-state index in [4.69, 9.17) is 9.84 Å². The average Bonchev–Trinajstić information content (AvgIpc) is 3.05. The molecule has 2 aromatic rings. The molecule has 6 nitrogen and oxygen atoms in total. The topological polar surface area (TPSA) is 92.7 Å². The Morgan fingerprint density at radius 2 is 1.84 bits per heavy atom. The van der Waals surface area contributed by atoms with Gasteiger partial charge in [0.25, 0.3) is 0 Å². The minimum Gasteiger partial charge on any atom is -0.482 e. The van der Waals surface area contributed by atoms with Crippen LogP contribution < -0.4 is 9.46 Å². The zero-order valence-corrected chi connectivity index (χ0v) is 17.7. The van der Waals surface area contributed by atoms with Crippen LogP contribution in [-0.4, -0.2) is 32.1 Å². The number of hydrogen-bond acceptors (Lipinski definition) is 4. The van der Waals surface area contributed by atoms with Crippen molar-refractivity contribution in [3.8, 4) is 5.75 Å². The highest BCUT2D eigenvalue weighted by atomic mass is 32.2. The summed E-state index contributed by atoms with van der Waals surface area (Å²) in [6, 6.07) is 7.54. The van der Waals surface area contributed by atoms with Crippen LogP contribution in [0.15, 0.2) is 41.3 Å². The molecule has 3 rings (SSSR count). The van der Waals surface area contributed by atoms with Crippen LogP contribution in [0.5, 0.6) is 5.75 Å². The van der Waals surface area contributed by atoms with Gasteiger partial charge in [-0.2, -0.15) is 13.2 Å². The van der Waals surface area contributed by atoms with Gasteiger partial charge in [-0.15, -0.1) is 0 Å². The van der Waals surface area contributed by atoms with Crippen molar-refractivity contribution >= 4 is 16.0 Å². The highest BCUT2D eigenvalue weighted by Crippen LogP contribution is 2.36. The van der Waals surface area contributed by atoms with Gasteiger partial charge in [0.15, 0.2) is 6.61 Å². The Hall–Kier alpha value is -2.59. The number of ether oxygens (including phenoxy) is 1. The first-order valence-electron chi connectivity index (χ1n) is 9.56. The second kappa shape index (κ2) is 8.51. The number of alkyl halides is 3. The molecule has 0 saturated carbocycles. The maximum atomic E-state index is 13.6. The molecule has 31 heavy (non-hydrogen) atoms. The Balaban J connectivity index is 1.82. The van der Waals surface area contributed by atoms with Crippen molar-refractivity contribution in [3.05, 3.63) is 58.7 Å². The Bertz CT molecular complexity index is 1100. The van der Waals surface area contributed by atoms with Gasteiger partial charge in [-0.1, -0.05) is 26.0 Å². The van der Waals surface area contributed by atoms with Crippen LogP contribution in [0.2, 0.25) is 0 Å². The van der Waals surface area contributed by atoms with Gasteiger partial charge >= 0.3 is 12.1 Å². The maximum Gasteiger partial charge on any atom is 0.417 e. The quantitative estimate of drug-likeness (QED) is 0.661. The summed E-state index contributed by atoms with van der Waals surface area (Å²) in [5.41, 5.74) is 0.780. The van der Waals surface area contributed by atoms with Crippen molar-refractivity contribution in [2.45, 2.75) is 49.7 Å². The van der Waals surface area contributed by atoms with Gasteiger partial charge in [0.2, 0.25) is 10.0 Å². The molecule has 10 heteroatoms. The second-order valence-electron chi connectivity index (χ2n) is 7.75. The Kier molecular flexibility index (Phi) is 6.33. The molecule has 168 valence electrons. The highest BCUT2D eigenvalue weighted by molar-refractivity contribution is 7.89. The maximum absolute atomic E-state index is 13.6. The van der Waals surface area contributed by atoms with E-state index in [0.717, 1.165) is 23.3 Å². The normalized spacial score (nSPS) is 16.4. The van der Waals surface area contributed by atoms with E-state index in [1.54, 1.807) is 32.0 Å². The standard InChI is InChI=1S/C21H22F3NO5S/c1-12(2)13-4-6-19(18(10-13)21(22,23)24)31(28,29)25-16-7-14-3-5-17(9-15(14)8-16)30-11-20(26)27/h3-6,9-10,12,16,25H,7-8,11H2,1-2H3,(H,26,27). The summed E-state index contributed by atoms with van der Waals surface area (Å²) in [4.78, 5) is 9.82. The van der Waals surface area contributed by atoms with E-state index >= 15 is 0 Å². The van der Waals surface area contributed by atoms with Gasteiger partial charge in [-0.3, -0.25) is 0 Å². The number of carboxylic acids is 1. The molecule has 0 radical (unpaired) electrons. The Labute approximate surface area is 178 Å². The first-order valence-corrected chi connectivity index (χ1v) is 11.0. The lowest BCUT2D eigenvalue weighted by Gasteiger charge is -2.18. The lowest BCUT2D eigenvalue weighted by molar-refractivity contribution is -0.140. The van der Waals surface area contributed by atoms with Crippen LogP contribution in [0.3, 0.4) is 0 Å². The molecule has 0 amide bonds. The van der Waals surface area contributed by atoms with Gasteiger partial charge < -0.3 is 9.84 Å². The van der Waals surface area contributed by atoms with Crippen LogP contribution in [0.25, 0.3) is 0 Å². The number of aliphatic carboxylic acids is 1. The summed E-state index contributed by atoms with van der Waals surface area (Å²) in [5.74, 6) is -0.990. The number of nitrogens with one attached hydrogen (secondary N) is 1. The van der Waals surface area contributed by atoms with Crippen LogP contribution in [0, 0.1) is 0 Å². The molecule has 0 aromatic heterocycles. The molecule has 0 heterocycles. The Morgan fingerprint density at radius 3 is 2.45 bits per heavy atom. The van der Waals surface area contributed by atoms with E-state index in [2.05, 4.69) is 4.72 Å². The number of carboxylic acid groups (broad SMARTS) is 1. The molecule has 0 fully saturated rings. The third-order valence-corrected chi connectivity index (χ3v) is 6.64. The smallest absolute Gasteiger partial charge is 0.417 e. The van der Waals surface area contributed by atoms with E-state index in [1.165, 1.54) is 6.07 Å². The van der Waals surface area contributed by atoms with Crippen molar-refractivity contribution in [1.82, 2.24) is 4.72 Å². The monoisotopic (exact) mass is 457 g/mol. The number of halogens is 3. The SMILES string of the molecule is CC(C)c1ccc(S(=O)(=O)NC2Cc3ccc(OCC(=O)O)cc3C2)c(C(F)(F)F)c1. The van der Waals surface area contributed by atoms with Gasteiger partial charge in [-0.25, -0.2) is 17.9 Å². The summed E-state index contributed by atoms with van der Waals surface area (Å²) in [6.45, 7) is 2.94. The minimum absolute atomic E-state index is 0.187. The van der Waals surface area contributed by atoms with Crippen molar-refractivity contribution in [1.29, 1.82) is 0 Å². The molecule has 1 aliphatic carbocycles. The number of fused-ring (bicyclic) bond motifs is 1. The molecular weight excluding hydrogens is 435 g/mol. The molecule has 2 N–H and O–H groups in total. The summed E-state index contributed by atoms with van der Waals surface area (Å²) in [5, 5.41) is 8.69. The number of benzene rings is 2. The van der Waals surface area contributed by atoms with Crippen molar-refractivity contribution in [2.75, 3.05) is 6.61 Å². The summed E-state index contributed by atoms with van der Waals surface area (Å²) >= 11 is 0. The molecule has 0 aliphatic heterocycles. The molecule has 0 spiro atoms. The highest BCUT2D eigenvalue weighted by Gasteiger charge is 2.38. The van der Waals surface area contributed by atoms with Crippen LogP contribution >= 0.6 is 0 Å². The van der Waals surface area contributed by atoms with Crippen molar-refractivity contribution in [2.24, 2.45) is 0 Å². The van der Waals surface area contributed by atoms with E-state index in [-0.39, 0.29) is 12.3 Å². The average molecular weight is 457 g/mol. The van der Waals surface area contributed by atoms with Gasteiger partial charge in [-0.05, 0) is 59.7 Å². The third-order valence-electron chi connectivity index (χ3n) is 5.06. The molecule has 0 saturated heterocycles.